The Labute approximate surface area is 145 Å². The van der Waals surface area contributed by atoms with Crippen molar-refractivity contribution < 1.29 is 9.84 Å². The zero-order valence-corrected chi connectivity index (χ0v) is 16.2. The van der Waals surface area contributed by atoms with Gasteiger partial charge in [-0.25, -0.2) is 0 Å². The Morgan fingerprint density at radius 2 is 1.43 bits per heavy atom. The van der Waals surface area contributed by atoms with Gasteiger partial charge in [0, 0.05) is 19.8 Å². The highest BCUT2D eigenvalue weighted by Gasteiger charge is 2.04. The topological polar surface area (TPSA) is 32.7 Å². The molecule has 0 amide bonds. The van der Waals surface area contributed by atoms with Gasteiger partial charge in [0.1, 0.15) is 0 Å². The summed E-state index contributed by atoms with van der Waals surface area (Å²) in [6.45, 7) is 12.0. The lowest BCUT2D eigenvalue weighted by molar-refractivity contribution is 0.0998. The van der Waals surface area contributed by atoms with E-state index >= 15 is 0 Å². The molecular formula is C20H43NO2. The highest BCUT2D eigenvalue weighted by Crippen LogP contribution is 2.07. The molecule has 0 aliphatic heterocycles. The van der Waals surface area contributed by atoms with Crippen LogP contribution < -0.4 is 0 Å². The Kier molecular flexibility index (Phi) is 18.1. The van der Waals surface area contributed by atoms with Crippen molar-refractivity contribution in [2.24, 2.45) is 5.92 Å². The number of aliphatic hydroxyl groups excluding tert-OH is 1. The van der Waals surface area contributed by atoms with Crippen LogP contribution in [0.4, 0.5) is 0 Å². The van der Waals surface area contributed by atoms with Gasteiger partial charge in [0.2, 0.25) is 0 Å². The molecule has 0 aromatic carbocycles. The van der Waals surface area contributed by atoms with Crippen LogP contribution in [0.3, 0.4) is 0 Å². The molecule has 0 bridgehead atoms. The van der Waals surface area contributed by atoms with Gasteiger partial charge in [0.15, 0.2) is 0 Å². The smallest absolute Gasteiger partial charge is 0.0558 e. The Balaban J connectivity index is 3.45. The van der Waals surface area contributed by atoms with Crippen molar-refractivity contribution in [3.8, 4) is 0 Å². The first-order valence-corrected chi connectivity index (χ1v) is 10.2. The quantitative estimate of drug-likeness (QED) is 0.364. The third-order valence-electron chi connectivity index (χ3n) is 4.61. The van der Waals surface area contributed by atoms with Crippen molar-refractivity contribution in [3.05, 3.63) is 0 Å². The highest BCUT2D eigenvalue weighted by molar-refractivity contribution is 4.58. The number of hydrogen-bond donors (Lipinski definition) is 1. The third-order valence-corrected chi connectivity index (χ3v) is 4.61. The second kappa shape index (κ2) is 18.2. The Bertz CT molecular complexity index is 224. The summed E-state index contributed by atoms with van der Waals surface area (Å²) < 4.78 is 5.69. The lowest BCUT2D eigenvalue weighted by atomic mass is 10.1. The van der Waals surface area contributed by atoms with Crippen LogP contribution in [0.15, 0.2) is 0 Å². The van der Waals surface area contributed by atoms with Crippen molar-refractivity contribution in [1.29, 1.82) is 0 Å². The molecule has 23 heavy (non-hydrogen) atoms. The van der Waals surface area contributed by atoms with Crippen LogP contribution in [-0.2, 0) is 4.74 Å². The molecule has 0 radical (unpaired) electrons. The monoisotopic (exact) mass is 329 g/mol. The van der Waals surface area contributed by atoms with Crippen molar-refractivity contribution in [2.75, 3.05) is 39.5 Å². The molecule has 0 aromatic rings. The molecule has 0 rings (SSSR count). The minimum absolute atomic E-state index is 0.290. The van der Waals surface area contributed by atoms with Gasteiger partial charge in [0.05, 0.1) is 6.61 Å². The van der Waals surface area contributed by atoms with Crippen LogP contribution in [0.25, 0.3) is 0 Å². The van der Waals surface area contributed by atoms with Crippen LogP contribution >= 0.6 is 0 Å². The summed E-state index contributed by atoms with van der Waals surface area (Å²) in [5.41, 5.74) is 0. The molecule has 0 heterocycles. The van der Waals surface area contributed by atoms with Gasteiger partial charge in [-0.15, -0.1) is 0 Å². The Hall–Kier alpha value is -0.120. The van der Waals surface area contributed by atoms with E-state index in [1.54, 1.807) is 0 Å². The van der Waals surface area contributed by atoms with Crippen LogP contribution in [0, 0.1) is 5.92 Å². The summed E-state index contributed by atoms with van der Waals surface area (Å²) in [6, 6.07) is 0. The Morgan fingerprint density at radius 3 is 2.00 bits per heavy atom. The Morgan fingerprint density at radius 1 is 0.826 bits per heavy atom. The van der Waals surface area contributed by atoms with E-state index < -0.39 is 0 Å². The first-order valence-electron chi connectivity index (χ1n) is 10.2. The molecular weight excluding hydrogens is 286 g/mol. The summed E-state index contributed by atoms with van der Waals surface area (Å²) in [4.78, 5) is 2.44. The number of unbranched alkanes of at least 4 members (excludes halogenated alkanes) is 7. The molecule has 0 spiro atoms. The molecule has 0 fully saturated rings. The zero-order valence-electron chi connectivity index (χ0n) is 16.2. The summed E-state index contributed by atoms with van der Waals surface area (Å²) in [5, 5.41) is 9.18. The molecule has 0 saturated heterocycles. The zero-order chi connectivity index (χ0) is 17.2. The lowest BCUT2D eigenvalue weighted by Crippen LogP contribution is -2.29. The van der Waals surface area contributed by atoms with Gasteiger partial charge in [0.25, 0.3) is 0 Å². The van der Waals surface area contributed by atoms with E-state index in [1.807, 2.05) is 0 Å². The minimum atomic E-state index is 0.290. The predicted octanol–water partition coefficient (Wildman–Crippen LogP) is 4.87. The minimum Gasteiger partial charge on any atom is -0.395 e. The average Bonchev–Trinajstić information content (AvgIpc) is 2.56. The van der Waals surface area contributed by atoms with E-state index in [0.29, 0.717) is 12.5 Å². The number of aliphatic hydroxyl groups is 1. The maximum atomic E-state index is 9.18. The number of nitrogens with zero attached hydrogens (tertiary/aromatic N) is 1. The van der Waals surface area contributed by atoms with E-state index in [9.17, 15) is 5.11 Å². The molecule has 0 aliphatic carbocycles. The molecule has 1 N–H and O–H groups in total. The molecule has 140 valence electrons. The van der Waals surface area contributed by atoms with Crippen LogP contribution in [-0.4, -0.2) is 49.5 Å². The van der Waals surface area contributed by atoms with Crippen LogP contribution in [0.5, 0.6) is 0 Å². The largest absolute Gasteiger partial charge is 0.395 e. The van der Waals surface area contributed by atoms with E-state index in [-0.39, 0.29) is 0 Å². The van der Waals surface area contributed by atoms with Crippen LogP contribution in [0.2, 0.25) is 0 Å². The molecule has 0 aliphatic rings. The summed E-state index contributed by atoms with van der Waals surface area (Å²) >= 11 is 0. The first-order chi connectivity index (χ1) is 11.2. The third kappa shape index (κ3) is 16.5. The molecule has 0 aromatic heterocycles. The van der Waals surface area contributed by atoms with Gasteiger partial charge in [-0.05, 0) is 38.3 Å². The second-order valence-corrected chi connectivity index (χ2v) is 6.98. The molecule has 1 unspecified atom stereocenters. The maximum absolute atomic E-state index is 9.18. The first kappa shape index (κ1) is 22.9. The number of ether oxygens (including phenoxy) is 1. The lowest BCUT2D eigenvalue weighted by Gasteiger charge is -2.21. The fraction of sp³-hybridized carbons (Fsp3) is 1.00. The van der Waals surface area contributed by atoms with E-state index in [0.717, 1.165) is 32.8 Å². The SMILES string of the molecule is CCCCCCCN(CCO)CCCCCCOCC(C)CC. The van der Waals surface area contributed by atoms with Gasteiger partial charge < -0.3 is 14.7 Å². The normalized spacial score (nSPS) is 12.9. The molecule has 0 saturated carbocycles. The molecule has 3 heteroatoms. The second-order valence-electron chi connectivity index (χ2n) is 6.98. The predicted molar refractivity (Wildman–Crippen MR) is 101 cm³/mol. The highest BCUT2D eigenvalue weighted by atomic mass is 16.5. The van der Waals surface area contributed by atoms with Gasteiger partial charge >= 0.3 is 0 Å². The number of rotatable bonds is 18. The summed E-state index contributed by atoms with van der Waals surface area (Å²) in [7, 11) is 0. The van der Waals surface area contributed by atoms with Crippen molar-refractivity contribution >= 4 is 0 Å². The van der Waals surface area contributed by atoms with Crippen molar-refractivity contribution in [2.45, 2.75) is 85.0 Å². The standard InChI is InChI=1S/C20H43NO2/c1-4-6-7-8-11-14-21(16-17-22)15-12-9-10-13-18-23-19-20(3)5-2/h20,22H,4-19H2,1-3H3. The van der Waals surface area contributed by atoms with E-state index in [4.69, 9.17) is 4.74 Å². The summed E-state index contributed by atoms with van der Waals surface area (Å²) in [5.74, 6) is 0.694. The van der Waals surface area contributed by atoms with Crippen molar-refractivity contribution in [3.63, 3.8) is 0 Å². The number of hydrogen-bond acceptors (Lipinski definition) is 3. The van der Waals surface area contributed by atoms with Crippen molar-refractivity contribution in [1.82, 2.24) is 4.90 Å². The molecule has 3 nitrogen and oxygen atoms in total. The molecule has 1 atom stereocenters. The van der Waals surface area contributed by atoms with E-state index in [1.165, 1.54) is 64.2 Å². The fourth-order valence-electron chi connectivity index (χ4n) is 2.71. The maximum Gasteiger partial charge on any atom is 0.0558 e. The van der Waals surface area contributed by atoms with Gasteiger partial charge in [-0.1, -0.05) is 65.7 Å². The van der Waals surface area contributed by atoms with Crippen LogP contribution in [0.1, 0.15) is 85.0 Å². The fourth-order valence-corrected chi connectivity index (χ4v) is 2.71. The van der Waals surface area contributed by atoms with E-state index in [2.05, 4.69) is 25.7 Å². The average molecular weight is 330 g/mol. The van der Waals surface area contributed by atoms with Gasteiger partial charge in [-0.2, -0.15) is 0 Å². The van der Waals surface area contributed by atoms with Gasteiger partial charge in [-0.3, -0.25) is 0 Å². The summed E-state index contributed by atoms with van der Waals surface area (Å²) in [6.07, 6.45) is 12.8.